The molecule has 0 aliphatic rings. The van der Waals surface area contributed by atoms with E-state index in [1.54, 1.807) is 7.11 Å². The maximum Gasteiger partial charge on any atom is 0.221 e. The van der Waals surface area contributed by atoms with Gasteiger partial charge in [0.15, 0.2) is 0 Å². The lowest BCUT2D eigenvalue weighted by Crippen LogP contribution is -2.13. The molecule has 0 amide bonds. The summed E-state index contributed by atoms with van der Waals surface area (Å²) in [7, 11) is 5.89. The topological polar surface area (TPSA) is 25.4 Å². The van der Waals surface area contributed by atoms with Crippen LogP contribution in [-0.4, -0.2) is 37.6 Å². The molecule has 1 aromatic heterocycles. The van der Waals surface area contributed by atoms with Gasteiger partial charge in [0.2, 0.25) is 5.88 Å². The molecule has 140 valence electrons. The highest BCUT2D eigenvalue weighted by molar-refractivity contribution is 9.10. The normalized spacial score (nSPS) is 12.4. The highest BCUT2D eigenvalue weighted by atomic mass is 79.9. The largest absolute Gasteiger partial charge is 0.481 e. The maximum atomic E-state index is 5.69. The Kier molecular flexibility index (Phi) is 6.30. The fourth-order valence-electron chi connectivity index (χ4n) is 3.22. The molecule has 1 heterocycles. The summed E-state index contributed by atoms with van der Waals surface area (Å²) in [6, 6.07) is 18.8. The van der Waals surface area contributed by atoms with Gasteiger partial charge in [0.1, 0.15) is 0 Å². The third-order valence-corrected chi connectivity index (χ3v) is 5.12. The number of aromatic nitrogens is 1. The quantitative estimate of drug-likeness (QED) is 0.501. The number of nitrogens with zero attached hydrogens (tertiary/aromatic N) is 2. The summed E-state index contributed by atoms with van der Waals surface area (Å²) in [4.78, 5) is 6.98. The molecule has 3 rings (SSSR count). The Morgan fingerprint density at radius 3 is 2.48 bits per heavy atom. The van der Waals surface area contributed by atoms with Gasteiger partial charge in [0, 0.05) is 22.0 Å². The minimum absolute atomic E-state index is 0.660. The number of halogens is 1. The summed E-state index contributed by atoms with van der Waals surface area (Å²) < 4.78 is 6.74. The lowest BCUT2D eigenvalue weighted by Gasteiger charge is -2.18. The lowest BCUT2D eigenvalue weighted by atomic mass is 9.92. The molecule has 0 aliphatic heterocycles. The van der Waals surface area contributed by atoms with E-state index in [0.717, 1.165) is 33.9 Å². The first kappa shape index (κ1) is 19.6. The van der Waals surface area contributed by atoms with Crippen molar-refractivity contribution in [3.8, 4) is 5.88 Å². The van der Waals surface area contributed by atoms with Gasteiger partial charge in [-0.1, -0.05) is 51.8 Å². The van der Waals surface area contributed by atoms with Crippen molar-refractivity contribution in [1.82, 2.24) is 9.88 Å². The molecular weight excluding hydrogens is 400 g/mol. The molecule has 3 nitrogen and oxygen atoms in total. The molecule has 0 atom stereocenters. The number of ether oxygens (including phenoxy) is 1. The van der Waals surface area contributed by atoms with E-state index in [1.165, 1.54) is 16.7 Å². The zero-order valence-corrected chi connectivity index (χ0v) is 17.9. The first-order chi connectivity index (χ1) is 13.0. The molecule has 0 saturated heterocycles. The number of hydrogen-bond donors (Lipinski definition) is 0. The Bertz CT molecular complexity index is 965. The van der Waals surface area contributed by atoms with Crippen molar-refractivity contribution in [2.45, 2.75) is 13.3 Å². The van der Waals surface area contributed by atoms with Crippen molar-refractivity contribution < 1.29 is 4.74 Å². The van der Waals surface area contributed by atoms with Crippen molar-refractivity contribution in [3.63, 3.8) is 0 Å². The van der Waals surface area contributed by atoms with E-state index in [4.69, 9.17) is 9.72 Å². The zero-order chi connectivity index (χ0) is 19.4. The summed E-state index contributed by atoms with van der Waals surface area (Å²) in [5, 5.41) is 1.09. The van der Waals surface area contributed by atoms with Crippen LogP contribution in [-0.2, 0) is 0 Å². The van der Waals surface area contributed by atoms with Crippen molar-refractivity contribution >= 4 is 32.4 Å². The second-order valence-electron chi connectivity index (χ2n) is 6.96. The Morgan fingerprint density at radius 2 is 1.81 bits per heavy atom. The van der Waals surface area contributed by atoms with Gasteiger partial charge in [0.25, 0.3) is 0 Å². The van der Waals surface area contributed by atoms with Crippen LogP contribution in [0, 0.1) is 0 Å². The Morgan fingerprint density at radius 1 is 1.07 bits per heavy atom. The number of benzene rings is 2. The van der Waals surface area contributed by atoms with Crippen LogP contribution in [0.25, 0.3) is 16.5 Å². The van der Waals surface area contributed by atoms with Crippen LogP contribution in [0.15, 0.2) is 64.6 Å². The summed E-state index contributed by atoms with van der Waals surface area (Å²) in [6.07, 6.45) is 0.983. The fraction of sp³-hybridized carbons (Fsp3) is 0.261. The molecule has 0 unspecified atom stereocenters. The molecule has 27 heavy (non-hydrogen) atoms. The van der Waals surface area contributed by atoms with Gasteiger partial charge in [0.05, 0.1) is 12.6 Å². The van der Waals surface area contributed by atoms with Crippen LogP contribution >= 0.6 is 15.9 Å². The van der Waals surface area contributed by atoms with Crippen LogP contribution in [0.1, 0.15) is 24.5 Å². The van der Waals surface area contributed by atoms with Crippen LogP contribution in [0.2, 0.25) is 0 Å². The van der Waals surface area contributed by atoms with E-state index in [0.29, 0.717) is 5.88 Å². The highest BCUT2D eigenvalue weighted by Crippen LogP contribution is 2.36. The molecule has 3 aromatic rings. The van der Waals surface area contributed by atoms with Crippen LogP contribution in [0.5, 0.6) is 5.88 Å². The number of rotatable bonds is 6. The number of methoxy groups -OCH3 is 1. The van der Waals surface area contributed by atoms with E-state index in [9.17, 15) is 0 Å². The average molecular weight is 425 g/mol. The standard InChI is InChI=1S/C23H25BrN2O/c1-16(12-13-26(2)3)22(17-8-6-5-7-9-17)20-15-18-14-19(24)10-11-21(18)25-23(20)27-4/h5-11,14-15H,12-13H2,1-4H3. The Hall–Kier alpha value is -2.17. The predicted molar refractivity (Wildman–Crippen MR) is 117 cm³/mol. The van der Waals surface area contributed by atoms with Crippen LogP contribution in [0.4, 0.5) is 0 Å². The van der Waals surface area contributed by atoms with E-state index in [1.807, 2.05) is 18.2 Å². The molecule has 0 spiro atoms. The van der Waals surface area contributed by atoms with Crippen molar-refractivity contribution in [2.75, 3.05) is 27.7 Å². The molecule has 0 fully saturated rings. The molecule has 0 radical (unpaired) electrons. The zero-order valence-electron chi connectivity index (χ0n) is 16.3. The van der Waals surface area contributed by atoms with E-state index < -0.39 is 0 Å². The van der Waals surface area contributed by atoms with E-state index in [2.05, 4.69) is 78.2 Å². The number of fused-ring (bicyclic) bond motifs is 1. The number of hydrogen-bond acceptors (Lipinski definition) is 3. The SMILES string of the molecule is COc1nc2ccc(Br)cc2cc1C(=C(C)CCN(C)C)c1ccccc1. The molecule has 0 N–H and O–H groups in total. The first-order valence-electron chi connectivity index (χ1n) is 9.04. The lowest BCUT2D eigenvalue weighted by molar-refractivity contribution is 0.398. The van der Waals surface area contributed by atoms with Gasteiger partial charge >= 0.3 is 0 Å². The van der Waals surface area contributed by atoms with E-state index in [-0.39, 0.29) is 0 Å². The molecule has 4 heteroatoms. The van der Waals surface area contributed by atoms with Gasteiger partial charge in [-0.05, 0) is 62.8 Å². The van der Waals surface area contributed by atoms with Crippen LogP contribution in [0.3, 0.4) is 0 Å². The second-order valence-corrected chi connectivity index (χ2v) is 7.87. The van der Waals surface area contributed by atoms with Gasteiger partial charge in [-0.3, -0.25) is 0 Å². The third kappa shape index (κ3) is 4.57. The molecule has 0 saturated carbocycles. The fourth-order valence-corrected chi connectivity index (χ4v) is 3.60. The molecular formula is C23H25BrN2O. The molecule has 0 aliphatic carbocycles. The van der Waals surface area contributed by atoms with E-state index >= 15 is 0 Å². The smallest absolute Gasteiger partial charge is 0.221 e. The first-order valence-corrected chi connectivity index (χ1v) is 9.83. The molecule has 2 aromatic carbocycles. The predicted octanol–water partition coefficient (Wildman–Crippen LogP) is 5.78. The van der Waals surface area contributed by atoms with Gasteiger partial charge in [-0.2, -0.15) is 0 Å². The van der Waals surface area contributed by atoms with Crippen molar-refractivity contribution in [2.24, 2.45) is 0 Å². The summed E-state index contributed by atoms with van der Waals surface area (Å²) >= 11 is 3.57. The summed E-state index contributed by atoms with van der Waals surface area (Å²) in [5.74, 6) is 0.660. The van der Waals surface area contributed by atoms with Gasteiger partial charge in [-0.25, -0.2) is 4.98 Å². The van der Waals surface area contributed by atoms with Crippen molar-refractivity contribution in [1.29, 1.82) is 0 Å². The third-order valence-electron chi connectivity index (χ3n) is 4.63. The maximum absolute atomic E-state index is 5.69. The monoisotopic (exact) mass is 424 g/mol. The number of pyridine rings is 1. The minimum atomic E-state index is 0.660. The Labute approximate surface area is 169 Å². The van der Waals surface area contributed by atoms with Crippen LogP contribution < -0.4 is 4.74 Å². The summed E-state index contributed by atoms with van der Waals surface area (Å²) in [5.41, 5.74) is 5.67. The van der Waals surface area contributed by atoms with Gasteiger partial charge < -0.3 is 9.64 Å². The van der Waals surface area contributed by atoms with Gasteiger partial charge in [-0.15, -0.1) is 0 Å². The minimum Gasteiger partial charge on any atom is -0.481 e. The average Bonchev–Trinajstić information content (AvgIpc) is 2.66. The summed E-state index contributed by atoms with van der Waals surface area (Å²) in [6.45, 7) is 3.20. The van der Waals surface area contributed by atoms with Crippen molar-refractivity contribution in [3.05, 3.63) is 75.8 Å². The second kappa shape index (κ2) is 8.68. The highest BCUT2D eigenvalue weighted by Gasteiger charge is 2.16. The molecule has 0 bridgehead atoms. The Balaban J connectivity index is 2.23.